The smallest absolute Gasteiger partial charge is 0.222 e. The molecule has 0 atom stereocenters. The van der Waals surface area contributed by atoms with Crippen molar-refractivity contribution in [1.82, 2.24) is 9.97 Å². The molecule has 21 heavy (non-hydrogen) atoms. The maximum Gasteiger partial charge on any atom is 0.222 e. The lowest BCUT2D eigenvalue weighted by molar-refractivity contribution is 0.173. The van der Waals surface area contributed by atoms with Crippen molar-refractivity contribution in [3.8, 4) is 0 Å². The minimum atomic E-state index is 0.198. The monoisotopic (exact) mass is 322 g/mol. The maximum atomic E-state index is 6.27. The fourth-order valence-electron chi connectivity index (χ4n) is 2.27. The third-order valence-electron chi connectivity index (χ3n) is 3.20. The Balaban J connectivity index is 2.15. The van der Waals surface area contributed by atoms with E-state index in [0.717, 1.165) is 16.7 Å². The Morgan fingerprint density at radius 1 is 1.29 bits per heavy atom. The highest BCUT2D eigenvalue weighted by atomic mass is 35.5. The highest BCUT2D eigenvalue weighted by Crippen LogP contribution is 2.37. The zero-order valence-electron chi connectivity index (χ0n) is 11.2. The summed E-state index contributed by atoms with van der Waals surface area (Å²) in [6.45, 7) is 0.462. The van der Waals surface area contributed by atoms with Crippen LogP contribution in [0.3, 0.4) is 0 Å². The van der Waals surface area contributed by atoms with Crippen molar-refractivity contribution in [2.24, 2.45) is 0 Å². The number of nitrogens with two attached hydrogens (primary N) is 1. The van der Waals surface area contributed by atoms with Crippen molar-refractivity contribution in [2.45, 2.75) is 0 Å². The van der Waals surface area contributed by atoms with Crippen LogP contribution in [0.4, 0.5) is 11.8 Å². The molecule has 0 amide bonds. The summed E-state index contributed by atoms with van der Waals surface area (Å²) in [5, 5.41) is 2.80. The SMILES string of the molecule is CON1CC(c2c(Cl)cccc2Cl)=Cc2cnc(N)nc21. The van der Waals surface area contributed by atoms with E-state index in [0.29, 0.717) is 22.4 Å². The van der Waals surface area contributed by atoms with E-state index in [9.17, 15) is 0 Å². The van der Waals surface area contributed by atoms with E-state index in [4.69, 9.17) is 33.8 Å². The summed E-state index contributed by atoms with van der Waals surface area (Å²) in [5.74, 6) is 0.820. The van der Waals surface area contributed by atoms with Gasteiger partial charge in [-0.3, -0.25) is 4.84 Å². The molecule has 0 aliphatic carbocycles. The third kappa shape index (κ3) is 2.55. The van der Waals surface area contributed by atoms with Crippen LogP contribution < -0.4 is 10.8 Å². The zero-order chi connectivity index (χ0) is 15.0. The Hall–Kier alpha value is -1.82. The molecule has 108 valence electrons. The quantitative estimate of drug-likeness (QED) is 0.919. The van der Waals surface area contributed by atoms with Crippen LogP contribution in [0.2, 0.25) is 10.0 Å². The zero-order valence-corrected chi connectivity index (χ0v) is 12.7. The van der Waals surface area contributed by atoms with Gasteiger partial charge in [0.2, 0.25) is 5.95 Å². The molecule has 1 aliphatic rings. The first kappa shape index (κ1) is 14.1. The van der Waals surface area contributed by atoms with E-state index in [1.807, 2.05) is 12.1 Å². The van der Waals surface area contributed by atoms with Crippen molar-refractivity contribution in [1.29, 1.82) is 0 Å². The van der Waals surface area contributed by atoms with Crippen LogP contribution in [0.5, 0.6) is 0 Å². The Bertz CT molecular complexity index is 713. The van der Waals surface area contributed by atoms with Crippen molar-refractivity contribution < 1.29 is 4.84 Å². The molecule has 0 fully saturated rings. The number of hydrogen-bond donors (Lipinski definition) is 1. The second-order valence-corrected chi connectivity index (χ2v) is 5.31. The molecule has 1 aliphatic heterocycles. The molecule has 0 spiro atoms. The summed E-state index contributed by atoms with van der Waals surface area (Å²) >= 11 is 12.5. The minimum Gasteiger partial charge on any atom is -0.368 e. The average molecular weight is 323 g/mol. The Morgan fingerprint density at radius 2 is 2.00 bits per heavy atom. The van der Waals surface area contributed by atoms with Gasteiger partial charge in [0.05, 0.1) is 13.7 Å². The molecular formula is C14H12Cl2N4O. The number of hydrogen-bond acceptors (Lipinski definition) is 5. The van der Waals surface area contributed by atoms with E-state index in [1.54, 1.807) is 30.5 Å². The van der Waals surface area contributed by atoms with Gasteiger partial charge >= 0.3 is 0 Å². The molecule has 7 heteroatoms. The summed E-state index contributed by atoms with van der Waals surface area (Å²) < 4.78 is 0. The number of fused-ring (bicyclic) bond motifs is 1. The fourth-order valence-corrected chi connectivity index (χ4v) is 2.91. The van der Waals surface area contributed by atoms with E-state index in [2.05, 4.69) is 9.97 Å². The van der Waals surface area contributed by atoms with Crippen LogP contribution in [0.25, 0.3) is 11.6 Å². The number of nitrogens with zero attached hydrogens (tertiary/aromatic N) is 3. The second-order valence-electron chi connectivity index (χ2n) is 4.49. The first-order valence-electron chi connectivity index (χ1n) is 6.19. The van der Waals surface area contributed by atoms with Gasteiger partial charge in [-0.15, -0.1) is 0 Å². The number of rotatable bonds is 2. The van der Waals surface area contributed by atoms with Gasteiger partial charge in [-0.05, 0) is 23.8 Å². The topological polar surface area (TPSA) is 64.3 Å². The normalized spacial score (nSPS) is 13.9. The molecule has 3 rings (SSSR count). The first-order valence-corrected chi connectivity index (χ1v) is 6.95. The number of benzene rings is 1. The van der Waals surface area contributed by atoms with Gasteiger partial charge < -0.3 is 5.73 Å². The van der Waals surface area contributed by atoms with Crippen LogP contribution in [0.15, 0.2) is 24.4 Å². The lowest BCUT2D eigenvalue weighted by Gasteiger charge is -2.28. The number of aromatic nitrogens is 2. The van der Waals surface area contributed by atoms with Crippen LogP contribution in [-0.4, -0.2) is 23.6 Å². The highest BCUT2D eigenvalue weighted by molar-refractivity contribution is 6.38. The van der Waals surface area contributed by atoms with Crippen LogP contribution in [0, 0.1) is 0 Å². The van der Waals surface area contributed by atoms with Crippen LogP contribution >= 0.6 is 23.2 Å². The van der Waals surface area contributed by atoms with Crippen molar-refractivity contribution in [2.75, 3.05) is 24.5 Å². The molecule has 5 nitrogen and oxygen atoms in total. The Kier molecular flexibility index (Phi) is 3.71. The van der Waals surface area contributed by atoms with Crippen molar-refractivity contribution in [3.05, 3.63) is 45.6 Å². The van der Waals surface area contributed by atoms with E-state index in [1.165, 1.54) is 0 Å². The van der Waals surface area contributed by atoms with Gasteiger partial charge in [0.25, 0.3) is 0 Å². The molecule has 0 saturated heterocycles. The third-order valence-corrected chi connectivity index (χ3v) is 3.83. The van der Waals surface area contributed by atoms with E-state index in [-0.39, 0.29) is 5.95 Å². The Morgan fingerprint density at radius 3 is 2.67 bits per heavy atom. The van der Waals surface area contributed by atoms with Crippen molar-refractivity contribution in [3.63, 3.8) is 0 Å². The first-order chi connectivity index (χ1) is 10.1. The van der Waals surface area contributed by atoms with Crippen LogP contribution in [0.1, 0.15) is 11.1 Å². The molecule has 2 heterocycles. The summed E-state index contributed by atoms with van der Waals surface area (Å²) in [6.07, 6.45) is 3.59. The second kappa shape index (κ2) is 5.52. The average Bonchev–Trinajstić information content (AvgIpc) is 2.46. The predicted octanol–water partition coefficient (Wildman–Crippen LogP) is 3.29. The van der Waals surface area contributed by atoms with Gasteiger partial charge in [-0.25, -0.2) is 10.0 Å². The molecule has 2 N–H and O–H groups in total. The van der Waals surface area contributed by atoms with Gasteiger partial charge in [0.1, 0.15) is 0 Å². The van der Waals surface area contributed by atoms with Gasteiger partial charge in [-0.2, -0.15) is 4.98 Å². The summed E-state index contributed by atoms with van der Waals surface area (Å²) in [4.78, 5) is 13.6. The summed E-state index contributed by atoms with van der Waals surface area (Å²) in [5.41, 5.74) is 8.13. The summed E-state index contributed by atoms with van der Waals surface area (Å²) in [6, 6.07) is 5.41. The minimum absolute atomic E-state index is 0.198. The molecular weight excluding hydrogens is 311 g/mol. The van der Waals surface area contributed by atoms with Crippen LogP contribution in [-0.2, 0) is 4.84 Å². The van der Waals surface area contributed by atoms with E-state index >= 15 is 0 Å². The number of halogens is 2. The molecule has 0 saturated carbocycles. The Labute approximate surface area is 131 Å². The maximum absolute atomic E-state index is 6.27. The lowest BCUT2D eigenvalue weighted by Crippen LogP contribution is -2.28. The predicted molar refractivity (Wildman–Crippen MR) is 85.1 cm³/mol. The van der Waals surface area contributed by atoms with Gasteiger partial charge in [0, 0.05) is 27.4 Å². The lowest BCUT2D eigenvalue weighted by atomic mass is 10.0. The van der Waals surface area contributed by atoms with E-state index < -0.39 is 0 Å². The number of anilines is 2. The molecule has 0 unspecified atom stereocenters. The molecule has 2 aromatic rings. The van der Waals surface area contributed by atoms with Crippen molar-refractivity contribution >= 4 is 46.6 Å². The largest absolute Gasteiger partial charge is 0.368 e. The number of hydroxylamine groups is 1. The molecule has 1 aromatic heterocycles. The molecule has 1 aromatic carbocycles. The fraction of sp³-hybridized carbons (Fsp3) is 0.143. The van der Waals surface area contributed by atoms with Gasteiger partial charge in [-0.1, -0.05) is 29.3 Å². The number of nitrogen functional groups attached to an aromatic ring is 1. The summed E-state index contributed by atoms with van der Waals surface area (Å²) in [7, 11) is 1.57. The molecule has 0 radical (unpaired) electrons. The van der Waals surface area contributed by atoms with Gasteiger partial charge in [0.15, 0.2) is 5.82 Å². The highest BCUT2D eigenvalue weighted by Gasteiger charge is 2.23. The molecule has 0 bridgehead atoms. The standard InChI is InChI=1S/C14H12Cl2N4O/c1-21-20-7-9(12-10(15)3-2-4-11(12)16)5-8-6-18-14(17)19-13(8)20/h2-6H,7H2,1H3,(H2,17,18,19).